The van der Waals surface area contributed by atoms with Crippen molar-refractivity contribution < 1.29 is 14.1 Å². The van der Waals surface area contributed by atoms with Gasteiger partial charge in [-0.25, -0.2) is 4.68 Å². The number of aromatic nitrogens is 3. The number of carbonyl (C=O) groups is 1. The van der Waals surface area contributed by atoms with Crippen LogP contribution in [0, 0.1) is 24.0 Å². The first-order valence-corrected chi connectivity index (χ1v) is 10.8. The average molecular weight is 465 g/mol. The number of aryl methyl sites for hydroxylation is 2. The highest BCUT2D eigenvalue weighted by atomic mass is 32.2. The molecule has 0 fully saturated rings. The van der Waals surface area contributed by atoms with E-state index in [0.29, 0.717) is 33.4 Å². The van der Waals surface area contributed by atoms with Gasteiger partial charge in [-0.1, -0.05) is 48.2 Å². The molecule has 1 atom stereocenters. The van der Waals surface area contributed by atoms with Crippen LogP contribution in [-0.4, -0.2) is 25.7 Å². The summed E-state index contributed by atoms with van der Waals surface area (Å²) in [6, 6.07) is 15.4. The predicted octanol–water partition coefficient (Wildman–Crippen LogP) is 4.25. The Balaban J connectivity index is 1.67. The first kappa shape index (κ1) is 22.1. The molecule has 10 nitrogen and oxygen atoms in total. The Bertz CT molecular complexity index is 1320. The van der Waals surface area contributed by atoms with E-state index in [1.165, 1.54) is 23.1 Å². The Morgan fingerprint density at radius 3 is 2.61 bits per heavy atom. The second-order valence-corrected chi connectivity index (χ2v) is 8.31. The maximum Gasteiger partial charge on any atom is 0.293 e. The number of nitrogens with zero attached hydrogens (tertiary/aromatic N) is 4. The molecule has 4 aromatic rings. The molecule has 3 N–H and O–H groups in total. The Kier molecular flexibility index (Phi) is 6.13. The van der Waals surface area contributed by atoms with Crippen LogP contribution in [0.4, 0.5) is 11.4 Å². The summed E-state index contributed by atoms with van der Waals surface area (Å²) in [5.74, 6) is 6.80. The number of benzene rings is 2. The van der Waals surface area contributed by atoms with E-state index in [-0.39, 0.29) is 11.4 Å². The summed E-state index contributed by atoms with van der Waals surface area (Å²) >= 11 is 1.09. The second kappa shape index (κ2) is 9.17. The van der Waals surface area contributed by atoms with Crippen molar-refractivity contribution in [3.8, 4) is 11.4 Å². The van der Waals surface area contributed by atoms with Crippen LogP contribution in [0.1, 0.15) is 22.1 Å². The van der Waals surface area contributed by atoms with Gasteiger partial charge in [0.2, 0.25) is 11.1 Å². The molecule has 0 saturated heterocycles. The molecule has 4 rings (SSSR count). The predicted molar refractivity (Wildman–Crippen MR) is 124 cm³/mol. The second-order valence-electron chi connectivity index (χ2n) is 7.24. The molecule has 0 radical (unpaired) electrons. The molecule has 2 aromatic heterocycles. The molecule has 0 aliphatic rings. The maximum absolute atomic E-state index is 13.3. The number of nitrogen functional groups attached to an aromatic ring is 1. The lowest BCUT2D eigenvalue weighted by molar-refractivity contribution is -0.384. The fourth-order valence-corrected chi connectivity index (χ4v) is 4.22. The molecule has 11 heteroatoms. The van der Waals surface area contributed by atoms with Gasteiger partial charge in [-0.15, -0.1) is 10.2 Å². The van der Waals surface area contributed by atoms with Gasteiger partial charge in [0.05, 0.1) is 16.7 Å². The number of carbonyl (C=O) groups excluding carboxylic acids is 1. The van der Waals surface area contributed by atoms with Crippen LogP contribution in [0.5, 0.6) is 0 Å². The third-order valence-electron chi connectivity index (χ3n) is 4.94. The van der Waals surface area contributed by atoms with Crippen molar-refractivity contribution in [1.29, 1.82) is 0 Å². The SMILES string of the molecule is Cc1ccc(NC(=O)C(Sc2nnc(-c3ccoc3C)n2N)c2ccccc2)c([N+](=O)[O-])c1. The third-order valence-corrected chi connectivity index (χ3v) is 6.15. The Morgan fingerprint density at radius 1 is 1.18 bits per heavy atom. The number of nitrogens with two attached hydrogens (primary N) is 1. The topological polar surface area (TPSA) is 142 Å². The van der Waals surface area contributed by atoms with Gasteiger partial charge in [-0.2, -0.15) is 0 Å². The van der Waals surface area contributed by atoms with Gasteiger partial charge in [0, 0.05) is 6.07 Å². The molecule has 0 bridgehead atoms. The van der Waals surface area contributed by atoms with Crippen LogP contribution in [0.3, 0.4) is 0 Å². The molecule has 33 heavy (non-hydrogen) atoms. The Morgan fingerprint density at radius 2 is 1.94 bits per heavy atom. The van der Waals surface area contributed by atoms with Crippen molar-refractivity contribution in [2.24, 2.45) is 0 Å². The normalized spacial score (nSPS) is 11.8. The number of hydrogen-bond acceptors (Lipinski definition) is 8. The van der Waals surface area contributed by atoms with Gasteiger partial charge < -0.3 is 15.6 Å². The molecule has 0 aliphatic heterocycles. The van der Waals surface area contributed by atoms with Crippen LogP contribution in [0.2, 0.25) is 0 Å². The van der Waals surface area contributed by atoms with E-state index in [1.807, 2.05) is 6.07 Å². The van der Waals surface area contributed by atoms with Gasteiger partial charge in [0.15, 0.2) is 5.82 Å². The number of rotatable bonds is 7. The molecular weight excluding hydrogens is 444 g/mol. The lowest BCUT2D eigenvalue weighted by Gasteiger charge is -2.16. The lowest BCUT2D eigenvalue weighted by Crippen LogP contribution is -2.21. The number of anilines is 1. The molecule has 168 valence electrons. The maximum atomic E-state index is 13.3. The summed E-state index contributed by atoms with van der Waals surface area (Å²) in [7, 11) is 0. The molecule has 1 amide bonds. The third kappa shape index (κ3) is 4.58. The van der Waals surface area contributed by atoms with E-state index in [1.54, 1.807) is 50.2 Å². The smallest absolute Gasteiger partial charge is 0.293 e. The van der Waals surface area contributed by atoms with Crippen molar-refractivity contribution in [3.63, 3.8) is 0 Å². The molecule has 0 aliphatic carbocycles. The zero-order chi connectivity index (χ0) is 23.5. The largest absolute Gasteiger partial charge is 0.469 e. The molecule has 1 unspecified atom stereocenters. The summed E-state index contributed by atoms with van der Waals surface area (Å²) < 4.78 is 6.61. The molecule has 0 saturated carbocycles. The number of nitro benzene ring substituents is 1. The molecular formula is C22H20N6O4S. The number of furan rings is 1. The molecule has 2 aromatic carbocycles. The summed E-state index contributed by atoms with van der Waals surface area (Å²) in [6.07, 6.45) is 1.53. The van der Waals surface area contributed by atoms with E-state index >= 15 is 0 Å². The average Bonchev–Trinajstić information content (AvgIpc) is 3.38. The number of hydrogen-bond donors (Lipinski definition) is 2. The highest BCUT2D eigenvalue weighted by molar-refractivity contribution is 8.00. The van der Waals surface area contributed by atoms with Crippen LogP contribution in [0.15, 0.2) is 70.4 Å². The summed E-state index contributed by atoms with van der Waals surface area (Å²) in [4.78, 5) is 24.3. The lowest BCUT2D eigenvalue weighted by atomic mass is 10.1. The number of amides is 1. The van der Waals surface area contributed by atoms with Gasteiger partial charge in [-0.3, -0.25) is 14.9 Å². The molecule has 2 heterocycles. The van der Waals surface area contributed by atoms with Crippen molar-refractivity contribution >= 4 is 29.0 Å². The minimum atomic E-state index is -0.795. The first-order valence-electron chi connectivity index (χ1n) is 9.87. The van der Waals surface area contributed by atoms with Crippen LogP contribution in [0.25, 0.3) is 11.4 Å². The Labute approximate surface area is 192 Å². The van der Waals surface area contributed by atoms with Gasteiger partial charge in [-0.05, 0) is 37.1 Å². The minimum absolute atomic E-state index is 0.112. The van der Waals surface area contributed by atoms with E-state index < -0.39 is 16.1 Å². The van der Waals surface area contributed by atoms with Crippen LogP contribution in [-0.2, 0) is 4.79 Å². The van der Waals surface area contributed by atoms with Crippen molar-refractivity contribution in [3.05, 3.63) is 87.9 Å². The highest BCUT2D eigenvalue weighted by Gasteiger charge is 2.28. The van der Waals surface area contributed by atoms with Crippen molar-refractivity contribution in [2.45, 2.75) is 24.3 Å². The van der Waals surface area contributed by atoms with E-state index in [4.69, 9.17) is 10.3 Å². The monoisotopic (exact) mass is 464 g/mol. The standard InChI is InChI=1S/C22H20N6O4S/c1-13-8-9-17(18(12-13)28(30)31)24-21(29)19(15-6-4-3-5-7-15)33-22-26-25-20(27(22)23)16-10-11-32-14(16)2/h3-12,19H,23H2,1-2H3,(H,24,29). The zero-order valence-corrected chi connectivity index (χ0v) is 18.6. The van der Waals surface area contributed by atoms with Crippen molar-refractivity contribution in [1.82, 2.24) is 14.9 Å². The quantitative estimate of drug-likeness (QED) is 0.179. The molecule has 0 spiro atoms. The summed E-state index contributed by atoms with van der Waals surface area (Å²) in [6.45, 7) is 3.53. The van der Waals surface area contributed by atoms with E-state index in [9.17, 15) is 14.9 Å². The van der Waals surface area contributed by atoms with Crippen LogP contribution >= 0.6 is 11.8 Å². The Hall–Kier alpha value is -4.12. The summed E-state index contributed by atoms with van der Waals surface area (Å²) in [5, 5.41) is 22.0. The minimum Gasteiger partial charge on any atom is -0.469 e. The van der Waals surface area contributed by atoms with Gasteiger partial charge >= 0.3 is 0 Å². The first-order chi connectivity index (χ1) is 15.8. The summed E-state index contributed by atoms with van der Waals surface area (Å²) in [5.41, 5.74) is 2.01. The highest BCUT2D eigenvalue weighted by Crippen LogP contribution is 2.37. The number of thioether (sulfide) groups is 1. The number of nitro groups is 1. The van der Waals surface area contributed by atoms with E-state index in [0.717, 1.165) is 11.8 Å². The van der Waals surface area contributed by atoms with Gasteiger partial charge in [0.25, 0.3) is 5.69 Å². The van der Waals surface area contributed by atoms with E-state index in [2.05, 4.69) is 15.5 Å². The zero-order valence-electron chi connectivity index (χ0n) is 17.8. The van der Waals surface area contributed by atoms with Crippen molar-refractivity contribution in [2.75, 3.05) is 11.2 Å². The number of nitrogens with one attached hydrogen (secondary N) is 1. The van der Waals surface area contributed by atoms with Gasteiger partial charge in [0.1, 0.15) is 16.7 Å². The fourth-order valence-electron chi connectivity index (χ4n) is 3.26. The van der Waals surface area contributed by atoms with Crippen LogP contribution < -0.4 is 11.2 Å². The fraction of sp³-hybridized carbons (Fsp3) is 0.136.